The van der Waals surface area contributed by atoms with E-state index in [1.807, 2.05) is 25.1 Å². The molecule has 0 aromatic heterocycles. The molecule has 0 spiro atoms. The standard InChI is InChI=1S/C23H18N2O5/c1-13-6-5-9-14-10-11-16(12-17(13)14)20(26)19(22(28)29)25-21(27)18(24-23(25)30)15-7-3-2-4-8-15/h2-12,18-19H,1H3,(H,24,30)(H,28,29). The van der Waals surface area contributed by atoms with Crippen molar-refractivity contribution in [3.63, 3.8) is 0 Å². The lowest BCUT2D eigenvalue weighted by Gasteiger charge is -2.21. The highest BCUT2D eigenvalue weighted by Crippen LogP contribution is 2.26. The SMILES string of the molecule is Cc1cccc2ccc(C(=O)C(C(=O)O)N3C(=O)NC(c4ccccc4)C3=O)cc12. The Balaban J connectivity index is 1.71. The molecule has 2 atom stereocenters. The van der Waals surface area contributed by atoms with E-state index >= 15 is 0 Å². The molecule has 2 unspecified atom stereocenters. The van der Waals surface area contributed by atoms with Gasteiger partial charge >= 0.3 is 12.0 Å². The molecule has 0 aliphatic carbocycles. The van der Waals surface area contributed by atoms with Gasteiger partial charge in [0.2, 0.25) is 6.04 Å². The first kappa shape index (κ1) is 19.3. The molecule has 1 saturated heterocycles. The van der Waals surface area contributed by atoms with E-state index in [-0.39, 0.29) is 5.56 Å². The Hall–Kier alpha value is -4.00. The number of fused-ring (bicyclic) bond motifs is 1. The van der Waals surface area contributed by atoms with E-state index in [1.165, 1.54) is 6.07 Å². The fourth-order valence-corrected chi connectivity index (χ4v) is 3.69. The van der Waals surface area contributed by atoms with Crippen LogP contribution in [0.4, 0.5) is 4.79 Å². The summed E-state index contributed by atoms with van der Waals surface area (Å²) in [4.78, 5) is 51.0. The van der Waals surface area contributed by atoms with Crippen LogP contribution in [0, 0.1) is 6.92 Å². The maximum atomic E-state index is 13.1. The predicted molar refractivity (Wildman–Crippen MR) is 109 cm³/mol. The Kier molecular flexibility index (Phi) is 4.79. The molecule has 7 heteroatoms. The number of carbonyl (C=O) groups is 4. The molecule has 3 aromatic rings. The Morgan fingerprint density at radius 2 is 1.73 bits per heavy atom. The number of ketones is 1. The molecule has 0 radical (unpaired) electrons. The lowest BCUT2D eigenvalue weighted by molar-refractivity contribution is -0.144. The van der Waals surface area contributed by atoms with Crippen LogP contribution < -0.4 is 5.32 Å². The monoisotopic (exact) mass is 402 g/mol. The average molecular weight is 402 g/mol. The van der Waals surface area contributed by atoms with Crippen molar-refractivity contribution < 1.29 is 24.3 Å². The van der Waals surface area contributed by atoms with Crippen LogP contribution in [0.1, 0.15) is 27.5 Å². The van der Waals surface area contributed by atoms with Gasteiger partial charge in [0.1, 0.15) is 6.04 Å². The first-order valence-electron chi connectivity index (χ1n) is 9.33. The van der Waals surface area contributed by atoms with Crippen LogP contribution in [0.5, 0.6) is 0 Å². The number of carboxylic acids is 1. The van der Waals surface area contributed by atoms with E-state index < -0.39 is 35.8 Å². The predicted octanol–water partition coefficient (Wildman–Crippen LogP) is 3.08. The minimum absolute atomic E-state index is 0.118. The van der Waals surface area contributed by atoms with Crippen LogP contribution in [0.25, 0.3) is 10.8 Å². The molecule has 3 aromatic carbocycles. The Morgan fingerprint density at radius 1 is 1.00 bits per heavy atom. The van der Waals surface area contributed by atoms with E-state index in [2.05, 4.69) is 5.32 Å². The largest absolute Gasteiger partial charge is 0.479 e. The smallest absolute Gasteiger partial charge is 0.335 e. The Labute approximate surface area is 171 Å². The Morgan fingerprint density at radius 3 is 2.43 bits per heavy atom. The summed E-state index contributed by atoms with van der Waals surface area (Å²) in [5, 5.41) is 13.9. The third-order valence-corrected chi connectivity index (χ3v) is 5.23. The molecule has 4 rings (SSSR count). The van der Waals surface area contributed by atoms with Gasteiger partial charge in [-0.1, -0.05) is 60.7 Å². The van der Waals surface area contributed by atoms with Crippen LogP contribution in [0.15, 0.2) is 66.7 Å². The number of rotatable bonds is 5. The molecule has 7 nitrogen and oxygen atoms in total. The number of amides is 3. The van der Waals surface area contributed by atoms with Gasteiger partial charge in [-0.15, -0.1) is 0 Å². The molecular weight excluding hydrogens is 384 g/mol. The molecule has 3 amide bonds. The number of carboxylic acid groups (broad SMARTS) is 1. The summed E-state index contributed by atoms with van der Waals surface area (Å²) in [6.07, 6.45) is 0. The van der Waals surface area contributed by atoms with Crippen molar-refractivity contribution in [2.24, 2.45) is 0 Å². The average Bonchev–Trinajstić information content (AvgIpc) is 3.03. The van der Waals surface area contributed by atoms with E-state index in [0.29, 0.717) is 10.5 Å². The highest BCUT2D eigenvalue weighted by atomic mass is 16.4. The van der Waals surface area contributed by atoms with Crippen molar-refractivity contribution in [1.29, 1.82) is 0 Å². The number of benzene rings is 3. The molecule has 1 aliphatic heterocycles. The summed E-state index contributed by atoms with van der Waals surface area (Å²) in [7, 11) is 0. The fraction of sp³-hybridized carbons (Fsp3) is 0.130. The number of nitrogens with zero attached hydrogens (tertiary/aromatic N) is 1. The number of aliphatic carboxylic acids is 1. The number of hydrogen-bond acceptors (Lipinski definition) is 4. The fourth-order valence-electron chi connectivity index (χ4n) is 3.69. The molecular formula is C23H18N2O5. The molecule has 2 N–H and O–H groups in total. The minimum atomic E-state index is -1.95. The molecule has 30 heavy (non-hydrogen) atoms. The maximum Gasteiger partial charge on any atom is 0.335 e. The van der Waals surface area contributed by atoms with Crippen molar-refractivity contribution in [2.45, 2.75) is 19.0 Å². The Bertz CT molecular complexity index is 1190. The molecule has 1 heterocycles. The van der Waals surface area contributed by atoms with Gasteiger partial charge in [-0.25, -0.2) is 14.5 Å². The molecule has 0 bridgehead atoms. The van der Waals surface area contributed by atoms with Crippen molar-refractivity contribution in [1.82, 2.24) is 10.2 Å². The summed E-state index contributed by atoms with van der Waals surface area (Å²) in [6.45, 7) is 1.88. The number of Topliss-reactive ketones (excluding diaryl/α,β-unsaturated/α-hetero) is 1. The normalized spacial score (nSPS) is 17.1. The number of carbonyl (C=O) groups excluding carboxylic acids is 3. The third-order valence-electron chi connectivity index (χ3n) is 5.23. The number of urea groups is 1. The van der Waals surface area contributed by atoms with Crippen LogP contribution >= 0.6 is 0 Å². The van der Waals surface area contributed by atoms with Crippen molar-refractivity contribution in [3.05, 3.63) is 83.4 Å². The van der Waals surface area contributed by atoms with Gasteiger partial charge in [0.15, 0.2) is 5.78 Å². The first-order valence-corrected chi connectivity index (χ1v) is 9.33. The molecule has 1 fully saturated rings. The van der Waals surface area contributed by atoms with E-state index in [1.54, 1.807) is 42.5 Å². The van der Waals surface area contributed by atoms with Crippen molar-refractivity contribution in [3.8, 4) is 0 Å². The second-order valence-corrected chi connectivity index (χ2v) is 7.12. The molecule has 150 valence electrons. The summed E-state index contributed by atoms with van der Waals surface area (Å²) in [6, 6.07) is 15.0. The molecule has 0 saturated carbocycles. The second-order valence-electron chi connectivity index (χ2n) is 7.12. The minimum Gasteiger partial charge on any atom is -0.479 e. The lowest BCUT2D eigenvalue weighted by atomic mass is 9.97. The number of aryl methyl sites for hydroxylation is 1. The van der Waals surface area contributed by atoms with Crippen LogP contribution in [0.2, 0.25) is 0 Å². The zero-order valence-corrected chi connectivity index (χ0v) is 16.0. The van der Waals surface area contributed by atoms with Gasteiger partial charge in [0.05, 0.1) is 0 Å². The zero-order chi connectivity index (χ0) is 21.4. The van der Waals surface area contributed by atoms with Crippen molar-refractivity contribution in [2.75, 3.05) is 0 Å². The van der Waals surface area contributed by atoms with Crippen molar-refractivity contribution >= 4 is 34.5 Å². The van der Waals surface area contributed by atoms with Gasteiger partial charge in [-0.05, 0) is 34.9 Å². The summed E-state index contributed by atoms with van der Waals surface area (Å²) in [5.74, 6) is -3.17. The van der Waals surface area contributed by atoms with E-state index in [0.717, 1.165) is 16.3 Å². The highest BCUT2D eigenvalue weighted by Gasteiger charge is 2.48. The van der Waals surface area contributed by atoms with Crippen LogP contribution in [0.3, 0.4) is 0 Å². The molecule has 1 aliphatic rings. The number of nitrogens with one attached hydrogen (secondary N) is 1. The van der Waals surface area contributed by atoms with E-state index in [9.17, 15) is 24.3 Å². The van der Waals surface area contributed by atoms with Crippen LogP contribution in [-0.2, 0) is 9.59 Å². The van der Waals surface area contributed by atoms with Gasteiger partial charge in [-0.3, -0.25) is 9.59 Å². The highest BCUT2D eigenvalue weighted by molar-refractivity contribution is 6.19. The number of hydrogen-bond donors (Lipinski definition) is 2. The van der Waals surface area contributed by atoms with Gasteiger partial charge < -0.3 is 10.4 Å². The lowest BCUT2D eigenvalue weighted by Crippen LogP contribution is -2.50. The number of imide groups is 1. The zero-order valence-electron chi connectivity index (χ0n) is 16.0. The second kappa shape index (κ2) is 7.44. The first-order chi connectivity index (χ1) is 14.4. The summed E-state index contributed by atoms with van der Waals surface area (Å²) < 4.78 is 0. The maximum absolute atomic E-state index is 13.1. The summed E-state index contributed by atoms with van der Waals surface area (Å²) >= 11 is 0. The third kappa shape index (κ3) is 3.20. The van der Waals surface area contributed by atoms with Crippen LogP contribution in [-0.4, -0.2) is 39.7 Å². The topological polar surface area (TPSA) is 104 Å². The quantitative estimate of drug-likeness (QED) is 0.388. The van der Waals surface area contributed by atoms with Gasteiger partial charge in [-0.2, -0.15) is 0 Å². The van der Waals surface area contributed by atoms with Gasteiger partial charge in [0.25, 0.3) is 5.91 Å². The summed E-state index contributed by atoms with van der Waals surface area (Å²) in [5.41, 5.74) is 1.55. The van der Waals surface area contributed by atoms with Gasteiger partial charge in [0, 0.05) is 5.56 Å². The van der Waals surface area contributed by atoms with E-state index in [4.69, 9.17) is 0 Å².